The van der Waals surface area contributed by atoms with E-state index < -0.39 is 5.82 Å². The zero-order valence-electron chi connectivity index (χ0n) is 23.0. The molecule has 214 valence electrons. The van der Waals surface area contributed by atoms with Gasteiger partial charge in [0.25, 0.3) is 0 Å². The van der Waals surface area contributed by atoms with Crippen molar-refractivity contribution < 1.29 is 18.7 Å². The van der Waals surface area contributed by atoms with E-state index in [-0.39, 0.29) is 22.7 Å². The van der Waals surface area contributed by atoms with Crippen LogP contribution in [0, 0.1) is 17.1 Å². The monoisotopic (exact) mass is 586 g/mol. The van der Waals surface area contributed by atoms with Gasteiger partial charge in [0.05, 0.1) is 17.0 Å². The minimum atomic E-state index is -0.677. The summed E-state index contributed by atoms with van der Waals surface area (Å²) in [5.74, 6) is -0.660. The summed E-state index contributed by atoms with van der Waals surface area (Å²) >= 11 is 3.02. The van der Waals surface area contributed by atoms with Gasteiger partial charge in [-0.15, -0.1) is 0 Å². The van der Waals surface area contributed by atoms with Crippen LogP contribution in [0.1, 0.15) is 48.5 Å². The molecule has 2 aromatic carbocycles. The average Bonchev–Trinajstić information content (AvgIpc) is 2.96. The number of carbonyl (C=O) groups is 1. The Morgan fingerprint density at radius 1 is 1.32 bits per heavy atom. The normalized spacial score (nSPS) is 18.6. The highest BCUT2D eigenvalue weighted by atomic mass is 32.2. The highest BCUT2D eigenvalue weighted by Gasteiger charge is 2.39. The van der Waals surface area contributed by atoms with E-state index in [2.05, 4.69) is 15.0 Å². The summed E-state index contributed by atoms with van der Waals surface area (Å²) in [5.41, 5.74) is 1.19. The molecule has 2 aliphatic rings. The summed E-state index contributed by atoms with van der Waals surface area (Å²) in [6, 6.07) is 9.49. The standard InChI is InChI=1S/C28H35FN6O3S2/c1-4-34(2)40-33-26-8-6-24(29)27(23(26)17-30)38-21-5-7-25(20(15-21)18-36)32-19-35(3)39-22-9-14-37-28(16-22)10-12-31-13-11-28/h5-8,15,18-19,22,31,33H,4,9-14,16H2,1-3H3. The predicted molar refractivity (Wildman–Crippen MR) is 160 cm³/mol. The molecule has 0 saturated carbocycles. The number of aldehydes is 1. The lowest BCUT2D eigenvalue weighted by Crippen LogP contribution is -2.48. The van der Waals surface area contributed by atoms with Gasteiger partial charge in [-0.1, -0.05) is 6.92 Å². The van der Waals surface area contributed by atoms with Crippen molar-refractivity contribution in [2.45, 2.75) is 43.5 Å². The Morgan fingerprint density at radius 3 is 2.85 bits per heavy atom. The Hall–Kier alpha value is -2.82. The topological polar surface area (TPSA) is 102 Å². The maximum Gasteiger partial charge on any atom is 0.182 e. The van der Waals surface area contributed by atoms with Crippen LogP contribution in [0.4, 0.5) is 15.8 Å². The van der Waals surface area contributed by atoms with Crippen molar-refractivity contribution in [2.24, 2.45) is 4.99 Å². The summed E-state index contributed by atoms with van der Waals surface area (Å²) in [6.45, 7) is 5.51. The number of anilines is 1. The minimum absolute atomic E-state index is 0.0230. The van der Waals surface area contributed by atoms with Crippen LogP contribution in [0.2, 0.25) is 0 Å². The molecular formula is C28H35FN6O3S2. The van der Waals surface area contributed by atoms with Crippen molar-refractivity contribution in [2.75, 3.05) is 45.1 Å². The third kappa shape index (κ3) is 7.67. The second-order valence-corrected chi connectivity index (χ2v) is 12.2. The third-order valence-electron chi connectivity index (χ3n) is 6.96. The number of nitrogens with zero attached hydrogens (tertiary/aromatic N) is 4. The molecule has 2 heterocycles. The molecule has 1 atom stereocenters. The van der Waals surface area contributed by atoms with Crippen LogP contribution in [0.15, 0.2) is 35.3 Å². The van der Waals surface area contributed by atoms with Crippen LogP contribution in [-0.4, -0.2) is 72.4 Å². The van der Waals surface area contributed by atoms with Gasteiger partial charge in [-0.2, -0.15) is 5.26 Å². The number of carbonyl (C=O) groups excluding carboxylic acids is 1. The lowest BCUT2D eigenvalue weighted by molar-refractivity contribution is -0.0930. The zero-order valence-corrected chi connectivity index (χ0v) is 24.6. The number of nitrogens with one attached hydrogen (secondary N) is 2. The molecule has 4 rings (SSSR count). The lowest BCUT2D eigenvalue weighted by atomic mass is 9.85. The first-order valence-electron chi connectivity index (χ1n) is 13.3. The van der Waals surface area contributed by atoms with E-state index >= 15 is 0 Å². The SMILES string of the molecule is CCN(C)SNc1ccc(F)c(Oc2ccc(N=CN(C)SC3CCOC4(CCNCC4)C3)c(C=O)c2)c1C#N. The second-order valence-electron chi connectivity index (χ2n) is 9.78. The Balaban J connectivity index is 1.43. The quantitative estimate of drug-likeness (QED) is 0.146. The summed E-state index contributed by atoms with van der Waals surface area (Å²) in [7, 11) is 3.84. The molecule has 0 radical (unpaired) electrons. The van der Waals surface area contributed by atoms with E-state index in [0.717, 1.165) is 51.9 Å². The van der Waals surface area contributed by atoms with Crippen LogP contribution < -0.4 is 14.8 Å². The molecular weight excluding hydrogens is 551 g/mol. The van der Waals surface area contributed by atoms with E-state index in [0.29, 0.717) is 28.5 Å². The zero-order chi connectivity index (χ0) is 28.5. The molecule has 1 unspecified atom stereocenters. The number of hydrogen-bond donors (Lipinski definition) is 2. The minimum Gasteiger partial charge on any atom is -0.453 e. The Kier molecular flexibility index (Phi) is 10.7. The van der Waals surface area contributed by atoms with Crippen molar-refractivity contribution in [3.8, 4) is 17.6 Å². The molecule has 2 aliphatic heterocycles. The molecule has 0 aliphatic carbocycles. The fourth-order valence-corrected chi connectivity index (χ4v) is 6.39. The Labute approximate surface area is 243 Å². The van der Waals surface area contributed by atoms with Gasteiger partial charge in [0, 0.05) is 43.1 Å². The first-order chi connectivity index (χ1) is 19.4. The van der Waals surface area contributed by atoms with E-state index in [1.807, 2.05) is 35.7 Å². The molecule has 40 heavy (non-hydrogen) atoms. The summed E-state index contributed by atoms with van der Waals surface area (Å²) in [5, 5.41) is 13.6. The van der Waals surface area contributed by atoms with E-state index in [1.54, 1.807) is 30.4 Å². The largest absolute Gasteiger partial charge is 0.453 e. The highest BCUT2D eigenvalue weighted by Crippen LogP contribution is 2.39. The average molecular weight is 587 g/mol. The van der Waals surface area contributed by atoms with Crippen LogP contribution in [-0.2, 0) is 4.74 Å². The van der Waals surface area contributed by atoms with Crippen LogP contribution in [0.25, 0.3) is 0 Å². The number of halogens is 1. The van der Waals surface area contributed by atoms with E-state index in [4.69, 9.17) is 9.47 Å². The Morgan fingerprint density at radius 2 is 2.12 bits per heavy atom. The molecule has 0 aromatic heterocycles. The number of hydrogen-bond acceptors (Lipinski definition) is 10. The van der Waals surface area contributed by atoms with Gasteiger partial charge in [-0.05, 0) is 88.1 Å². The highest BCUT2D eigenvalue weighted by molar-refractivity contribution is 7.98. The summed E-state index contributed by atoms with van der Waals surface area (Å²) in [4.78, 5) is 16.4. The number of benzene rings is 2. The van der Waals surface area contributed by atoms with Gasteiger partial charge in [-0.3, -0.25) is 4.79 Å². The predicted octanol–water partition coefficient (Wildman–Crippen LogP) is 5.77. The molecule has 2 aromatic rings. The smallest absolute Gasteiger partial charge is 0.182 e. The summed E-state index contributed by atoms with van der Waals surface area (Å²) < 4.78 is 33.6. The van der Waals surface area contributed by atoms with E-state index in [9.17, 15) is 14.4 Å². The van der Waals surface area contributed by atoms with Gasteiger partial charge in [-0.25, -0.2) is 13.7 Å². The van der Waals surface area contributed by atoms with Crippen LogP contribution in [0.3, 0.4) is 0 Å². The maximum absolute atomic E-state index is 14.7. The first kappa shape index (κ1) is 30.1. The van der Waals surface area contributed by atoms with Crippen LogP contribution in [0.5, 0.6) is 11.5 Å². The second kappa shape index (κ2) is 14.2. The first-order valence-corrected chi connectivity index (χ1v) is 14.9. The number of piperidine rings is 1. The van der Waals surface area contributed by atoms with Gasteiger partial charge in [0.1, 0.15) is 23.7 Å². The number of aliphatic imine (C=N–C) groups is 1. The van der Waals surface area contributed by atoms with Crippen LogP contribution >= 0.6 is 24.1 Å². The molecule has 2 saturated heterocycles. The van der Waals surface area contributed by atoms with Gasteiger partial charge in [0.15, 0.2) is 17.9 Å². The fourth-order valence-electron chi connectivity index (χ4n) is 4.68. The molecule has 12 heteroatoms. The van der Waals surface area contributed by atoms with Crippen molar-refractivity contribution in [3.63, 3.8) is 0 Å². The van der Waals surface area contributed by atoms with Crippen molar-refractivity contribution in [3.05, 3.63) is 47.3 Å². The van der Waals surface area contributed by atoms with Crippen molar-refractivity contribution in [1.82, 2.24) is 13.9 Å². The van der Waals surface area contributed by atoms with Crippen molar-refractivity contribution in [1.29, 1.82) is 5.26 Å². The van der Waals surface area contributed by atoms with E-state index in [1.165, 1.54) is 30.3 Å². The molecule has 0 bridgehead atoms. The molecule has 2 fully saturated rings. The molecule has 9 nitrogen and oxygen atoms in total. The number of ether oxygens (including phenoxy) is 2. The molecule has 0 amide bonds. The van der Waals surface area contributed by atoms with Gasteiger partial charge in [0.2, 0.25) is 0 Å². The third-order valence-corrected chi connectivity index (χ3v) is 8.97. The molecule has 2 N–H and O–H groups in total. The molecule has 1 spiro atoms. The lowest BCUT2D eigenvalue weighted by Gasteiger charge is -2.43. The Bertz CT molecular complexity index is 1250. The number of rotatable bonds is 11. The van der Waals surface area contributed by atoms with Gasteiger partial charge < -0.3 is 23.8 Å². The van der Waals surface area contributed by atoms with Crippen molar-refractivity contribution >= 4 is 48.1 Å². The number of nitriles is 1. The summed E-state index contributed by atoms with van der Waals surface area (Å²) in [6.07, 6.45) is 6.45. The maximum atomic E-state index is 14.7. The fraction of sp³-hybridized carbons (Fsp3) is 0.464. The van der Waals surface area contributed by atoms with Gasteiger partial charge >= 0.3 is 0 Å².